The smallest absolute Gasteiger partial charge is 0.160 e. The summed E-state index contributed by atoms with van der Waals surface area (Å²) in [6.45, 7) is 4.19. The Hall–Kier alpha value is -0.810. The standard InChI is InChI=1S/C11H17N3OS/c1-6(2)9(15-3)11-13-8-5-16-4-7(8)10(12)14-11/h6,9H,4-5H2,1-3H3,(H2,12,13,14). The molecule has 2 heterocycles. The van der Waals surface area contributed by atoms with E-state index in [4.69, 9.17) is 10.5 Å². The number of ether oxygens (including phenoxy) is 1. The predicted molar refractivity (Wildman–Crippen MR) is 66.0 cm³/mol. The van der Waals surface area contributed by atoms with E-state index in [9.17, 15) is 0 Å². The Balaban J connectivity index is 2.39. The van der Waals surface area contributed by atoms with Gasteiger partial charge in [-0.1, -0.05) is 13.8 Å². The second kappa shape index (κ2) is 4.59. The lowest BCUT2D eigenvalue weighted by Gasteiger charge is -2.18. The number of anilines is 1. The van der Waals surface area contributed by atoms with E-state index in [1.807, 2.05) is 11.8 Å². The molecule has 0 aliphatic carbocycles. The number of rotatable bonds is 3. The highest BCUT2D eigenvalue weighted by Crippen LogP contribution is 2.33. The Morgan fingerprint density at radius 1 is 1.31 bits per heavy atom. The maximum absolute atomic E-state index is 5.95. The fourth-order valence-electron chi connectivity index (χ4n) is 1.90. The molecule has 5 heteroatoms. The van der Waals surface area contributed by atoms with Crippen LogP contribution in [0.5, 0.6) is 0 Å². The average Bonchev–Trinajstić information content (AvgIpc) is 2.66. The second-order valence-corrected chi connectivity index (χ2v) is 5.27. The van der Waals surface area contributed by atoms with E-state index in [-0.39, 0.29) is 6.10 Å². The number of aromatic nitrogens is 2. The lowest BCUT2D eigenvalue weighted by Crippen LogP contribution is -2.15. The SMILES string of the molecule is COC(c1nc(N)c2c(n1)CSC2)C(C)C. The van der Waals surface area contributed by atoms with E-state index >= 15 is 0 Å². The third-order valence-corrected chi connectivity index (χ3v) is 3.71. The summed E-state index contributed by atoms with van der Waals surface area (Å²) < 4.78 is 5.43. The molecular formula is C11H17N3OS. The largest absolute Gasteiger partial charge is 0.383 e. The number of nitrogens with zero attached hydrogens (tertiary/aromatic N) is 2. The van der Waals surface area contributed by atoms with Crippen LogP contribution in [0, 0.1) is 5.92 Å². The molecule has 0 saturated carbocycles. The first-order valence-electron chi connectivity index (χ1n) is 5.39. The Bertz CT molecular complexity index is 395. The number of hydrogen-bond donors (Lipinski definition) is 1. The zero-order valence-electron chi connectivity index (χ0n) is 9.86. The van der Waals surface area contributed by atoms with E-state index in [1.54, 1.807) is 7.11 Å². The summed E-state index contributed by atoms with van der Waals surface area (Å²) in [5.74, 6) is 3.55. The molecule has 0 saturated heterocycles. The van der Waals surface area contributed by atoms with E-state index in [0.717, 1.165) is 28.6 Å². The maximum atomic E-state index is 5.95. The van der Waals surface area contributed by atoms with Crippen molar-refractivity contribution in [3.05, 3.63) is 17.1 Å². The van der Waals surface area contributed by atoms with Crippen LogP contribution in [0.1, 0.15) is 37.0 Å². The van der Waals surface area contributed by atoms with Crippen LogP contribution in [0.25, 0.3) is 0 Å². The Kier molecular flexibility index (Phi) is 3.35. The van der Waals surface area contributed by atoms with E-state index in [1.165, 1.54) is 0 Å². The summed E-state index contributed by atoms with van der Waals surface area (Å²) in [6.07, 6.45) is -0.0711. The topological polar surface area (TPSA) is 61.0 Å². The van der Waals surface area contributed by atoms with E-state index in [0.29, 0.717) is 11.7 Å². The molecule has 1 aliphatic rings. The van der Waals surface area contributed by atoms with Crippen LogP contribution in [0.3, 0.4) is 0 Å². The number of hydrogen-bond acceptors (Lipinski definition) is 5. The van der Waals surface area contributed by atoms with Gasteiger partial charge >= 0.3 is 0 Å². The zero-order chi connectivity index (χ0) is 11.7. The summed E-state index contributed by atoms with van der Waals surface area (Å²) in [5.41, 5.74) is 8.13. The minimum absolute atomic E-state index is 0.0711. The Morgan fingerprint density at radius 3 is 2.69 bits per heavy atom. The fourth-order valence-corrected chi connectivity index (χ4v) is 2.95. The molecule has 0 spiro atoms. The van der Waals surface area contributed by atoms with Gasteiger partial charge in [0.25, 0.3) is 0 Å². The van der Waals surface area contributed by atoms with Gasteiger partial charge in [0.05, 0.1) is 5.69 Å². The molecule has 0 radical (unpaired) electrons. The second-order valence-electron chi connectivity index (χ2n) is 4.29. The van der Waals surface area contributed by atoms with Crippen LogP contribution in [-0.4, -0.2) is 17.1 Å². The van der Waals surface area contributed by atoms with Crippen molar-refractivity contribution in [3.8, 4) is 0 Å². The van der Waals surface area contributed by atoms with Crippen molar-refractivity contribution in [1.29, 1.82) is 0 Å². The van der Waals surface area contributed by atoms with E-state index < -0.39 is 0 Å². The lowest BCUT2D eigenvalue weighted by molar-refractivity contribution is 0.0574. The summed E-state index contributed by atoms with van der Waals surface area (Å²) in [4.78, 5) is 8.94. The van der Waals surface area contributed by atoms with Crippen LogP contribution < -0.4 is 5.73 Å². The first kappa shape index (κ1) is 11.7. The first-order valence-corrected chi connectivity index (χ1v) is 6.54. The quantitative estimate of drug-likeness (QED) is 0.875. The predicted octanol–water partition coefficient (Wildman–Crippen LogP) is 2.15. The van der Waals surface area contributed by atoms with Crippen molar-refractivity contribution < 1.29 is 4.74 Å². The van der Waals surface area contributed by atoms with Gasteiger partial charge in [-0.2, -0.15) is 11.8 Å². The summed E-state index contributed by atoms with van der Waals surface area (Å²) in [6, 6.07) is 0. The third kappa shape index (κ3) is 2.01. The number of nitrogen functional groups attached to an aromatic ring is 1. The van der Waals surface area contributed by atoms with Crippen molar-refractivity contribution in [2.24, 2.45) is 5.92 Å². The van der Waals surface area contributed by atoms with E-state index in [2.05, 4.69) is 23.8 Å². The number of nitrogens with two attached hydrogens (primary N) is 1. The van der Waals surface area contributed by atoms with Crippen molar-refractivity contribution in [3.63, 3.8) is 0 Å². The lowest BCUT2D eigenvalue weighted by atomic mass is 10.1. The van der Waals surface area contributed by atoms with Crippen molar-refractivity contribution in [2.45, 2.75) is 31.5 Å². The molecule has 16 heavy (non-hydrogen) atoms. The van der Waals surface area contributed by atoms with Gasteiger partial charge in [-0.3, -0.25) is 0 Å². The van der Waals surface area contributed by atoms with Crippen LogP contribution in [0.15, 0.2) is 0 Å². The van der Waals surface area contributed by atoms with Gasteiger partial charge < -0.3 is 10.5 Å². The molecule has 0 aromatic carbocycles. The first-order chi connectivity index (χ1) is 7.63. The van der Waals surface area contributed by atoms with Gasteiger partial charge in [-0.15, -0.1) is 0 Å². The number of thioether (sulfide) groups is 1. The summed E-state index contributed by atoms with van der Waals surface area (Å²) >= 11 is 1.83. The van der Waals surface area contributed by atoms with Crippen molar-refractivity contribution in [1.82, 2.24) is 9.97 Å². The molecule has 0 fully saturated rings. The molecule has 1 aliphatic heterocycles. The van der Waals surface area contributed by atoms with Crippen LogP contribution in [0.4, 0.5) is 5.82 Å². The summed E-state index contributed by atoms with van der Waals surface area (Å²) in [7, 11) is 1.69. The van der Waals surface area contributed by atoms with Crippen LogP contribution in [-0.2, 0) is 16.2 Å². The molecule has 1 atom stereocenters. The maximum Gasteiger partial charge on any atom is 0.160 e. The molecule has 1 unspecified atom stereocenters. The normalized spacial score (nSPS) is 16.5. The molecule has 1 aromatic rings. The molecule has 2 N–H and O–H groups in total. The van der Waals surface area contributed by atoms with Crippen molar-refractivity contribution in [2.75, 3.05) is 12.8 Å². The Labute approximate surface area is 100.0 Å². The van der Waals surface area contributed by atoms with Gasteiger partial charge in [-0.05, 0) is 5.92 Å². The van der Waals surface area contributed by atoms with Crippen molar-refractivity contribution >= 4 is 17.6 Å². The highest BCUT2D eigenvalue weighted by Gasteiger charge is 2.23. The minimum Gasteiger partial charge on any atom is -0.383 e. The molecule has 0 amide bonds. The van der Waals surface area contributed by atoms with Crippen LogP contribution in [0.2, 0.25) is 0 Å². The van der Waals surface area contributed by atoms with Gasteiger partial charge in [0.2, 0.25) is 0 Å². The molecular weight excluding hydrogens is 222 g/mol. The highest BCUT2D eigenvalue weighted by atomic mass is 32.2. The summed E-state index contributed by atoms with van der Waals surface area (Å²) in [5, 5.41) is 0. The molecule has 1 aromatic heterocycles. The fraction of sp³-hybridized carbons (Fsp3) is 0.636. The van der Waals surface area contributed by atoms with Crippen LogP contribution >= 0.6 is 11.8 Å². The number of fused-ring (bicyclic) bond motifs is 1. The zero-order valence-corrected chi connectivity index (χ0v) is 10.7. The molecule has 4 nitrogen and oxygen atoms in total. The minimum atomic E-state index is -0.0711. The van der Waals surface area contributed by atoms with Gasteiger partial charge in [0.15, 0.2) is 5.82 Å². The molecule has 0 bridgehead atoms. The van der Waals surface area contributed by atoms with Gasteiger partial charge in [0.1, 0.15) is 11.9 Å². The highest BCUT2D eigenvalue weighted by molar-refractivity contribution is 7.98. The average molecular weight is 239 g/mol. The molecule has 88 valence electrons. The monoisotopic (exact) mass is 239 g/mol. The number of methoxy groups -OCH3 is 1. The Morgan fingerprint density at radius 2 is 2.06 bits per heavy atom. The van der Waals surface area contributed by atoms with Gasteiger partial charge in [-0.25, -0.2) is 9.97 Å². The molecule has 2 rings (SSSR count). The van der Waals surface area contributed by atoms with Gasteiger partial charge in [0, 0.05) is 24.2 Å². The third-order valence-electron chi connectivity index (χ3n) is 2.74.